The number of nitrogens with zero attached hydrogens (tertiary/aromatic N) is 1. The van der Waals surface area contributed by atoms with Gasteiger partial charge in [-0.2, -0.15) is 23.5 Å². The number of hydrogen-bond donors (Lipinski definition) is 1. The highest BCUT2D eigenvalue weighted by molar-refractivity contribution is 7.99. The smallest absolute Gasteiger partial charge is 0.0155 e. The molecule has 0 bridgehead atoms. The zero-order valence-corrected chi connectivity index (χ0v) is 12.5. The Bertz CT molecular complexity index is 172. The fraction of sp³-hybridized carbons (Fsp3) is 1.00. The highest BCUT2D eigenvalue weighted by atomic mass is 32.2. The SMILES string of the molecule is CSCC(C)N(C)CCSC1CCNCC1. The van der Waals surface area contributed by atoms with E-state index in [9.17, 15) is 0 Å². The summed E-state index contributed by atoms with van der Waals surface area (Å²) < 4.78 is 0. The van der Waals surface area contributed by atoms with Crippen LogP contribution < -0.4 is 5.32 Å². The van der Waals surface area contributed by atoms with Crippen LogP contribution in [0.4, 0.5) is 0 Å². The van der Waals surface area contributed by atoms with Crippen molar-refractivity contribution in [2.75, 3.05) is 44.4 Å². The first kappa shape index (κ1) is 14.7. The van der Waals surface area contributed by atoms with Crippen LogP contribution in [0.3, 0.4) is 0 Å². The fourth-order valence-electron chi connectivity index (χ4n) is 1.91. The molecule has 1 unspecified atom stereocenters. The maximum atomic E-state index is 3.42. The molecule has 1 rings (SSSR count). The molecule has 0 aromatic rings. The summed E-state index contributed by atoms with van der Waals surface area (Å²) in [5.74, 6) is 2.54. The molecule has 0 spiro atoms. The van der Waals surface area contributed by atoms with Crippen LogP contribution in [0.5, 0.6) is 0 Å². The second-order valence-corrected chi connectivity index (χ2v) is 6.92. The van der Waals surface area contributed by atoms with Crippen LogP contribution in [-0.4, -0.2) is 60.6 Å². The van der Waals surface area contributed by atoms with E-state index in [1.54, 1.807) is 0 Å². The van der Waals surface area contributed by atoms with Gasteiger partial charge in [0.2, 0.25) is 0 Å². The molecule has 0 radical (unpaired) electrons. The van der Waals surface area contributed by atoms with E-state index in [0.717, 1.165) is 5.25 Å². The van der Waals surface area contributed by atoms with Crippen LogP contribution in [0.15, 0.2) is 0 Å². The molecule has 0 aliphatic carbocycles. The van der Waals surface area contributed by atoms with Crippen LogP contribution in [0.1, 0.15) is 19.8 Å². The predicted octanol–water partition coefficient (Wildman–Crippen LogP) is 2.15. The quantitative estimate of drug-likeness (QED) is 0.756. The first-order chi connectivity index (χ1) is 7.74. The van der Waals surface area contributed by atoms with Crippen molar-refractivity contribution >= 4 is 23.5 Å². The van der Waals surface area contributed by atoms with Crippen molar-refractivity contribution in [2.24, 2.45) is 0 Å². The van der Waals surface area contributed by atoms with E-state index in [0.29, 0.717) is 6.04 Å². The molecule has 4 heteroatoms. The Morgan fingerprint density at radius 2 is 2.06 bits per heavy atom. The Kier molecular flexibility index (Phi) is 7.96. The van der Waals surface area contributed by atoms with Crippen molar-refractivity contribution in [1.82, 2.24) is 10.2 Å². The molecule has 0 aromatic carbocycles. The van der Waals surface area contributed by atoms with Crippen molar-refractivity contribution in [2.45, 2.75) is 31.1 Å². The second-order valence-electron chi connectivity index (χ2n) is 4.61. The van der Waals surface area contributed by atoms with Crippen LogP contribution in [0, 0.1) is 0 Å². The van der Waals surface area contributed by atoms with Gasteiger partial charge in [-0.15, -0.1) is 0 Å². The zero-order valence-electron chi connectivity index (χ0n) is 10.9. The number of thioether (sulfide) groups is 2. The summed E-state index contributed by atoms with van der Waals surface area (Å²) in [6.45, 7) is 5.99. The lowest BCUT2D eigenvalue weighted by molar-refractivity contribution is 0.295. The molecule has 2 nitrogen and oxygen atoms in total. The van der Waals surface area contributed by atoms with Gasteiger partial charge in [-0.25, -0.2) is 0 Å². The fourth-order valence-corrected chi connectivity index (χ4v) is 3.95. The van der Waals surface area contributed by atoms with E-state index in [1.165, 1.54) is 44.0 Å². The van der Waals surface area contributed by atoms with Crippen molar-refractivity contribution in [3.8, 4) is 0 Å². The van der Waals surface area contributed by atoms with E-state index in [1.807, 2.05) is 11.8 Å². The van der Waals surface area contributed by atoms with Gasteiger partial charge in [0, 0.05) is 29.3 Å². The third kappa shape index (κ3) is 5.80. The molecular weight excluding hydrogens is 236 g/mol. The van der Waals surface area contributed by atoms with Gasteiger partial charge in [0.05, 0.1) is 0 Å². The second kappa shape index (κ2) is 8.67. The van der Waals surface area contributed by atoms with E-state index in [-0.39, 0.29) is 0 Å². The first-order valence-corrected chi connectivity index (χ1v) is 8.69. The van der Waals surface area contributed by atoms with E-state index < -0.39 is 0 Å². The number of nitrogens with one attached hydrogen (secondary N) is 1. The summed E-state index contributed by atoms with van der Waals surface area (Å²) in [4.78, 5) is 2.49. The van der Waals surface area contributed by atoms with E-state index in [4.69, 9.17) is 0 Å². The average molecular weight is 262 g/mol. The molecule has 1 aliphatic heterocycles. The summed E-state index contributed by atoms with van der Waals surface area (Å²) in [5.41, 5.74) is 0. The van der Waals surface area contributed by atoms with Crippen LogP contribution in [0.25, 0.3) is 0 Å². The van der Waals surface area contributed by atoms with Crippen molar-refractivity contribution in [1.29, 1.82) is 0 Å². The minimum absolute atomic E-state index is 0.712. The monoisotopic (exact) mass is 262 g/mol. The molecule has 1 atom stereocenters. The number of hydrogen-bond acceptors (Lipinski definition) is 4. The molecule has 1 fully saturated rings. The lowest BCUT2D eigenvalue weighted by Crippen LogP contribution is -2.34. The third-order valence-electron chi connectivity index (χ3n) is 3.24. The molecular formula is C12H26N2S2. The zero-order chi connectivity index (χ0) is 11.8. The lowest BCUT2D eigenvalue weighted by atomic mass is 10.2. The van der Waals surface area contributed by atoms with E-state index in [2.05, 4.69) is 42.2 Å². The Hall–Kier alpha value is 0.620. The molecule has 16 heavy (non-hydrogen) atoms. The molecule has 0 amide bonds. The van der Waals surface area contributed by atoms with Gasteiger partial charge >= 0.3 is 0 Å². The van der Waals surface area contributed by atoms with E-state index >= 15 is 0 Å². The number of rotatable bonds is 7. The number of piperidine rings is 1. The van der Waals surface area contributed by atoms with Gasteiger partial charge in [0.1, 0.15) is 0 Å². The van der Waals surface area contributed by atoms with Gasteiger partial charge in [0.25, 0.3) is 0 Å². The summed E-state index contributed by atoms with van der Waals surface area (Å²) in [6, 6.07) is 0.712. The van der Waals surface area contributed by atoms with Crippen LogP contribution in [0.2, 0.25) is 0 Å². The Balaban J connectivity index is 2.04. The minimum atomic E-state index is 0.712. The third-order valence-corrected chi connectivity index (χ3v) is 5.42. The highest BCUT2D eigenvalue weighted by Crippen LogP contribution is 2.20. The molecule has 0 aromatic heterocycles. The Morgan fingerprint density at radius 1 is 1.38 bits per heavy atom. The summed E-state index contributed by atoms with van der Waals surface area (Å²) in [5, 5.41) is 4.33. The highest BCUT2D eigenvalue weighted by Gasteiger charge is 2.14. The molecule has 1 N–H and O–H groups in total. The van der Waals surface area contributed by atoms with Gasteiger partial charge in [-0.1, -0.05) is 0 Å². The van der Waals surface area contributed by atoms with Crippen molar-refractivity contribution in [3.63, 3.8) is 0 Å². The maximum absolute atomic E-state index is 3.42. The average Bonchev–Trinajstić information content (AvgIpc) is 2.30. The van der Waals surface area contributed by atoms with Gasteiger partial charge in [0.15, 0.2) is 0 Å². The van der Waals surface area contributed by atoms with Gasteiger partial charge < -0.3 is 10.2 Å². The largest absolute Gasteiger partial charge is 0.317 e. The van der Waals surface area contributed by atoms with Gasteiger partial charge in [-0.3, -0.25) is 0 Å². The van der Waals surface area contributed by atoms with Crippen molar-refractivity contribution in [3.05, 3.63) is 0 Å². The lowest BCUT2D eigenvalue weighted by Gasteiger charge is -2.26. The first-order valence-electron chi connectivity index (χ1n) is 6.25. The summed E-state index contributed by atoms with van der Waals surface area (Å²) >= 11 is 4.12. The maximum Gasteiger partial charge on any atom is 0.0155 e. The minimum Gasteiger partial charge on any atom is -0.317 e. The molecule has 1 heterocycles. The Labute approximate surface area is 109 Å². The Morgan fingerprint density at radius 3 is 2.69 bits per heavy atom. The van der Waals surface area contributed by atoms with Gasteiger partial charge in [-0.05, 0) is 46.2 Å². The standard InChI is InChI=1S/C12H26N2S2/c1-11(10-15-3)14(2)8-9-16-12-4-6-13-7-5-12/h11-13H,4-10H2,1-3H3. The summed E-state index contributed by atoms with van der Waals surface area (Å²) in [6.07, 6.45) is 4.90. The van der Waals surface area contributed by atoms with Crippen LogP contribution >= 0.6 is 23.5 Å². The molecule has 1 aliphatic rings. The molecule has 96 valence electrons. The normalized spacial score (nSPS) is 20.2. The van der Waals surface area contributed by atoms with Crippen LogP contribution in [-0.2, 0) is 0 Å². The predicted molar refractivity (Wildman–Crippen MR) is 78.8 cm³/mol. The summed E-state index contributed by atoms with van der Waals surface area (Å²) in [7, 11) is 2.25. The van der Waals surface area contributed by atoms with Crippen molar-refractivity contribution < 1.29 is 0 Å². The molecule has 1 saturated heterocycles. The topological polar surface area (TPSA) is 15.3 Å². The molecule has 0 saturated carbocycles.